The maximum atomic E-state index is 13.4. The Balaban J connectivity index is 2.38. The smallest absolute Gasteiger partial charge is 0.123 e. The van der Waals surface area contributed by atoms with Crippen molar-refractivity contribution in [3.63, 3.8) is 0 Å². The van der Waals surface area contributed by atoms with Crippen molar-refractivity contribution in [3.05, 3.63) is 47.2 Å². The monoisotopic (exact) mass is 293 g/mol. The fourth-order valence-corrected chi connectivity index (χ4v) is 2.07. The van der Waals surface area contributed by atoms with Gasteiger partial charge in [0, 0.05) is 22.3 Å². The van der Waals surface area contributed by atoms with Crippen molar-refractivity contribution in [1.29, 1.82) is 0 Å². The van der Waals surface area contributed by atoms with E-state index in [0.717, 1.165) is 5.56 Å². The van der Waals surface area contributed by atoms with Crippen LogP contribution in [0, 0.1) is 11.7 Å². The Kier molecular flexibility index (Phi) is 4.50. The number of anilines is 1. The number of nitrogens with two attached hydrogens (primary N) is 1. The van der Waals surface area contributed by atoms with Gasteiger partial charge < -0.3 is 10.5 Å². The lowest BCUT2D eigenvalue weighted by atomic mass is 10.0. The van der Waals surface area contributed by atoms with E-state index >= 15 is 0 Å². The Hall–Kier alpha value is -1.74. The highest BCUT2D eigenvalue weighted by Crippen LogP contribution is 2.32. The van der Waals surface area contributed by atoms with E-state index in [2.05, 4.69) is 13.8 Å². The van der Waals surface area contributed by atoms with Gasteiger partial charge in [0.05, 0.1) is 6.61 Å². The summed E-state index contributed by atoms with van der Waals surface area (Å²) in [5, 5.41) is 0.479. The number of rotatable bonds is 4. The van der Waals surface area contributed by atoms with Crippen LogP contribution in [0.5, 0.6) is 5.75 Å². The van der Waals surface area contributed by atoms with Gasteiger partial charge in [0.2, 0.25) is 0 Å². The molecule has 0 aliphatic rings. The molecular weight excluding hydrogens is 277 g/mol. The second-order valence-corrected chi connectivity index (χ2v) is 5.53. The minimum absolute atomic E-state index is 0.337. The maximum absolute atomic E-state index is 13.4. The molecule has 0 aliphatic carbocycles. The first-order chi connectivity index (χ1) is 9.45. The number of hydrogen-bond donors (Lipinski definition) is 1. The Bertz CT molecular complexity index is 613. The van der Waals surface area contributed by atoms with E-state index in [1.165, 1.54) is 18.2 Å². The largest absolute Gasteiger partial charge is 0.493 e. The molecule has 2 nitrogen and oxygen atoms in total. The SMILES string of the molecule is CC(C)COc1cc(N)cc(-c2cc(F)ccc2Cl)c1. The molecule has 0 aromatic heterocycles. The summed E-state index contributed by atoms with van der Waals surface area (Å²) in [6.07, 6.45) is 0. The maximum Gasteiger partial charge on any atom is 0.123 e. The number of halogens is 2. The molecule has 0 amide bonds. The van der Waals surface area contributed by atoms with Crippen molar-refractivity contribution >= 4 is 17.3 Å². The predicted molar refractivity (Wildman–Crippen MR) is 81.6 cm³/mol. The molecule has 0 aliphatic heterocycles. The molecule has 2 N–H and O–H groups in total. The summed E-state index contributed by atoms with van der Waals surface area (Å²) in [6.45, 7) is 4.73. The molecule has 0 heterocycles. The van der Waals surface area contributed by atoms with Crippen molar-refractivity contribution in [1.82, 2.24) is 0 Å². The van der Waals surface area contributed by atoms with E-state index in [4.69, 9.17) is 22.1 Å². The summed E-state index contributed by atoms with van der Waals surface area (Å²) in [5.41, 5.74) is 7.78. The molecule has 0 fully saturated rings. The van der Waals surface area contributed by atoms with Gasteiger partial charge in [-0.1, -0.05) is 25.4 Å². The van der Waals surface area contributed by atoms with Gasteiger partial charge in [0.15, 0.2) is 0 Å². The predicted octanol–water partition coefficient (Wildman–Crippen LogP) is 4.76. The summed E-state index contributed by atoms with van der Waals surface area (Å²) >= 11 is 6.11. The number of ether oxygens (including phenoxy) is 1. The molecule has 4 heteroatoms. The normalized spacial score (nSPS) is 10.8. The van der Waals surface area contributed by atoms with Crippen LogP contribution in [-0.4, -0.2) is 6.61 Å². The first-order valence-electron chi connectivity index (χ1n) is 6.44. The van der Waals surface area contributed by atoms with Crippen LogP contribution in [0.2, 0.25) is 5.02 Å². The second-order valence-electron chi connectivity index (χ2n) is 5.12. The van der Waals surface area contributed by atoms with Crippen LogP contribution < -0.4 is 10.5 Å². The third-order valence-corrected chi connectivity index (χ3v) is 3.08. The van der Waals surface area contributed by atoms with E-state index in [0.29, 0.717) is 34.5 Å². The Labute approximate surface area is 123 Å². The zero-order chi connectivity index (χ0) is 14.7. The Morgan fingerprint density at radius 2 is 1.95 bits per heavy atom. The highest BCUT2D eigenvalue weighted by atomic mass is 35.5. The zero-order valence-corrected chi connectivity index (χ0v) is 12.2. The topological polar surface area (TPSA) is 35.2 Å². The number of benzene rings is 2. The Morgan fingerprint density at radius 3 is 2.65 bits per heavy atom. The molecule has 0 saturated heterocycles. The fourth-order valence-electron chi connectivity index (χ4n) is 1.84. The molecule has 0 unspecified atom stereocenters. The summed E-state index contributed by atoms with van der Waals surface area (Å²) in [4.78, 5) is 0. The van der Waals surface area contributed by atoms with Crippen molar-refractivity contribution in [2.75, 3.05) is 12.3 Å². The number of hydrogen-bond acceptors (Lipinski definition) is 2. The summed E-state index contributed by atoms with van der Waals surface area (Å²) in [7, 11) is 0. The minimum atomic E-state index is -0.337. The van der Waals surface area contributed by atoms with Gasteiger partial charge in [-0.2, -0.15) is 0 Å². The van der Waals surface area contributed by atoms with Crippen LogP contribution in [0.1, 0.15) is 13.8 Å². The minimum Gasteiger partial charge on any atom is -0.493 e. The summed E-state index contributed by atoms with van der Waals surface area (Å²) in [6, 6.07) is 9.57. The van der Waals surface area contributed by atoms with Gasteiger partial charge in [-0.05, 0) is 41.8 Å². The number of nitrogen functional groups attached to an aromatic ring is 1. The van der Waals surface area contributed by atoms with Crippen LogP contribution in [0.25, 0.3) is 11.1 Å². The lowest BCUT2D eigenvalue weighted by Crippen LogP contribution is -2.04. The molecule has 2 aromatic rings. The fraction of sp³-hybridized carbons (Fsp3) is 0.250. The Morgan fingerprint density at radius 1 is 1.20 bits per heavy atom. The molecule has 2 rings (SSSR count). The second kappa shape index (κ2) is 6.14. The molecular formula is C16H17ClFNO. The molecule has 0 saturated carbocycles. The van der Waals surface area contributed by atoms with E-state index < -0.39 is 0 Å². The molecule has 0 atom stereocenters. The van der Waals surface area contributed by atoms with Crippen LogP contribution in [0.15, 0.2) is 36.4 Å². The third-order valence-electron chi connectivity index (χ3n) is 2.75. The molecule has 20 heavy (non-hydrogen) atoms. The summed E-state index contributed by atoms with van der Waals surface area (Å²) < 4.78 is 19.0. The third kappa shape index (κ3) is 3.64. The average Bonchev–Trinajstić information content (AvgIpc) is 2.38. The standard InChI is InChI=1S/C16H17ClFNO/c1-10(2)9-20-14-6-11(5-13(19)8-14)15-7-12(18)3-4-16(15)17/h3-8,10H,9,19H2,1-2H3. The molecule has 0 bridgehead atoms. The average molecular weight is 294 g/mol. The lowest BCUT2D eigenvalue weighted by Gasteiger charge is -2.12. The lowest BCUT2D eigenvalue weighted by molar-refractivity contribution is 0.271. The van der Waals surface area contributed by atoms with E-state index in [1.54, 1.807) is 12.1 Å². The van der Waals surface area contributed by atoms with E-state index in [-0.39, 0.29) is 5.82 Å². The van der Waals surface area contributed by atoms with Gasteiger partial charge in [-0.15, -0.1) is 0 Å². The van der Waals surface area contributed by atoms with Gasteiger partial charge in [-0.25, -0.2) is 4.39 Å². The van der Waals surface area contributed by atoms with E-state index in [1.807, 2.05) is 6.07 Å². The first kappa shape index (κ1) is 14.7. The van der Waals surface area contributed by atoms with Crippen molar-refractivity contribution < 1.29 is 9.13 Å². The van der Waals surface area contributed by atoms with Crippen molar-refractivity contribution in [3.8, 4) is 16.9 Å². The molecule has 0 spiro atoms. The molecule has 2 aromatic carbocycles. The van der Waals surface area contributed by atoms with Crippen LogP contribution >= 0.6 is 11.6 Å². The van der Waals surface area contributed by atoms with Gasteiger partial charge in [0.1, 0.15) is 11.6 Å². The first-order valence-corrected chi connectivity index (χ1v) is 6.82. The highest BCUT2D eigenvalue weighted by molar-refractivity contribution is 6.33. The van der Waals surface area contributed by atoms with Gasteiger partial charge in [0.25, 0.3) is 0 Å². The molecule has 0 radical (unpaired) electrons. The van der Waals surface area contributed by atoms with Crippen LogP contribution in [-0.2, 0) is 0 Å². The van der Waals surface area contributed by atoms with Gasteiger partial charge in [-0.3, -0.25) is 0 Å². The highest BCUT2D eigenvalue weighted by Gasteiger charge is 2.08. The van der Waals surface area contributed by atoms with Crippen LogP contribution in [0.4, 0.5) is 10.1 Å². The van der Waals surface area contributed by atoms with Crippen LogP contribution in [0.3, 0.4) is 0 Å². The van der Waals surface area contributed by atoms with Crippen molar-refractivity contribution in [2.24, 2.45) is 5.92 Å². The van der Waals surface area contributed by atoms with Gasteiger partial charge >= 0.3 is 0 Å². The zero-order valence-electron chi connectivity index (χ0n) is 11.5. The quantitative estimate of drug-likeness (QED) is 0.825. The summed E-state index contributed by atoms with van der Waals surface area (Å²) in [5.74, 6) is 0.739. The van der Waals surface area contributed by atoms with E-state index in [9.17, 15) is 4.39 Å². The van der Waals surface area contributed by atoms with Crippen molar-refractivity contribution in [2.45, 2.75) is 13.8 Å². The molecule has 106 valence electrons.